The fourth-order valence-electron chi connectivity index (χ4n) is 4.44. The number of nitrogens with zero attached hydrogens (tertiary/aromatic N) is 2. The molecule has 0 saturated carbocycles. The topological polar surface area (TPSA) is 32.8 Å². The highest BCUT2D eigenvalue weighted by Gasteiger charge is 2.25. The number of aryl methyl sites for hydroxylation is 2. The van der Waals surface area contributed by atoms with Crippen molar-refractivity contribution in [1.29, 1.82) is 0 Å². The molecule has 2 aliphatic heterocycles. The summed E-state index contributed by atoms with van der Waals surface area (Å²) in [6, 6.07) is 6.69. The SMILES string of the molecule is O=C(Cc1ccc2c(c1)CCCC2)N1CCN(C[C@@H]2CCCO2)CC1. The molecule has 0 N–H and O–H groups in total. The summed E-state index contributed by atoms with van der Waals surface area (Å²) >= 11 is 0. The fraction of sp³-hybridized carbons (Fsp3) is 0.667. The second-order valence-electron chi connectivity index (χ2n) is 7.80. The second-order valence-corrected chi connectivity index (χ2v) is 7.80. The number of carbonyl (C=O) groups excluding carboxylic acids is 1. The van der Waals surface area contributed by atoms with Gasteiger partial charge >= 0.3 is 0 Å². The lowest BCUT2D eigenvalue weighted by Gasteiger charge is -2.35. The predicted molar refractivity (Wildman–Crippen MR) is 98.8 cm³/mol. The van der Waals surface area contributed by atoms with Gasteiger partial charge in [-0.25, -0.2) is 0 Å². The number of benzene rings is 1. The molecule has 1 aliphatic carbocycles. The summed E-state index contributed by atoms with van der Waals surface area (Å²) in [4.78, 5) is 17.2. The molecular formula is C21H30N2O2. The summed E-state index contributed by atoms with van der Waals surface area (Å²) in [6.45, 7) is 5.63. The number of amides is 1. The Balaban J connectivity index is 1.27. The molecule has 1 amide bonds. The van der Waals surface area contributed by atoms with Crippen molar-refractivity contribution in [3.8, 4) is 0 Å². The zero-order chi connectivity index (χ0) is 17.1. The van der Waals surface area contributed by atoms with Crippen molar-refractivity contribution in [2.75, 3.05) is 39.3 Å². The summed E-state index contributed by atoms with van der Waals surface area (Å²) < 4.78 is 5.73. The summed E-state index contributed by atoms with van der Waals surface area (Å²) in [5, 5.41) is 0. The van der Waals surface area contributed by atoms with Gasteiger partial charge in [-0.15, -0.1) is 0 Å². The van der Waals surface area contributed by atoms with Gasteiger partial charge in [-0.2, -0.15) is 0 Å². The maximum absolute atomic E-state index is 12.7. The number of piperazine rings is 1. The van der Waals surface area contributed by atoms with Crippen LogP contribution in [0.2, 0.25) is 0 Å². The summed E-state index contributed by atoms with van der Waals surface area (Å²) in [5.74, 6) is 0.285. The molecule has 0 spiro atoms. The molecule has 4 rings (SSSR count). The molecule has 1 atom stereocenters. The maximum atomic E-state index is 12.7. The minimum Gasteiger partial charge on any atom is -0.377 e. The molecule has 2 saturated heterocycles. The Bertz CT molecular complexity index is 602. The van der Waals surface area contributed by atoms with Crippen LogP contribution < -0.4 is 0 Å². The summed E-state index contributed by atoms with van der Waals surface area (Å²) in [5.41, 5.74) is 4.15. The predicted octanol–water partition coefficient (Wildman–Crippen LogP) is 2.43. The van der Waals surface area contributed by atoms with E-state index in [2.05, 4.69) is 23.1 Å². The van der Waals surface area contributed by atoms with Crippen LogP contribution in [0, 0.1) is 0 Å². The smallest absolute Gasteiger partial charge is 0.227 e. The number of rotatable bonds is 4. The molecule has 2 heterocycles. The van der Waals surface area contributed by atoms with Gasteiger partial charge in [0.1, 0.15) is 0 Å². The molecule has 4 heteroatoms. The van der Waals surface area contributed by atoms with Crippen molar-refractivity contribution >= 4 is 5.91 Å². The van der Waals surface area contributed by atoms with Gasteiger partial charge in [-0.1, -0.05) is 18.2 Å². The number of carbonyl (C=O) groups is 1. The van der Waals surface area contributed by atoms with Crippen molar-refractivity contribution < 1.29 is 9.53 Å². The van der Waals surface area contributed by atoms with Crippen molar-refractivity contribution in [3.63, 3.8) is 0 Å². The third-order valence-corrected chi connectivity index (χ3v) is 5.98. The average molecular weight is 342 g/mol. The second kappa shape index (κ2) is 7.88. The lowest BCUT2D eigenvalue weighted by molar-refractivity contribution is -0.132. The molecule has 0 radical (unpaired) electrons. The highest BCUT2D eigenvalue weighted by atomic mass is 16.5. The molecule has 2 fully saturated rings. The van der Waals surface area contributed by atoms with Crippen LogP contribution >= 0.6 is 0 Å². The van der Waals surface area contributed by atoms with Crippen molar-refractivity contribution in [3.05, 3.63) is 34.9 Å². The molecule has 136 valence electrons. The Morgan fingerprint density at radius 3 is 2.60 bits per heavy atom. The lowest BCUT2D eigenvalue weighted by Crippen LogP contribution is -2.50. The fourth-order valence-corrected chi connectivity index (χ4v) is 4.44. The lowest BCUT2D eigenvalue weighted by atomic mass is 9.90. The summed E-state index contributed by atoms with van der Waals surface area (Å²) in [6.07, 6.45) is 8.34. The third-order valence-electron chi connectivity index (χ3n) is 5.98. The Hall–Kier alpha value is -1.39. The van der Waals surface area contributed by atoms with Gasteiger partial charge in [-0.05, 0) is 55.2 Å². The van der Waals surface area contributed by atoms with E-state index in [0.717, 1.165) is 39.3 Å². The minimum atomic E-state index is 0.285. The Morgan fingerprint density at radius 1 is 1.04 bits per heavy atom. The summed E-state index contributed by atoms with van der Waals surface area (Å²) in [7, 11) is 0. The highest BCUT2D eigenvalue weighted by molar-refractivity contribution is 5.79. The molecule has 25 heavy (non-hydrogen) atoms. The molecular weight excluding hydrogens is 312 g/mol. The van der Waals surface area contributed by atoms with Gasteiger partial charge in [0.25, 0.3) is 0 Å². The van der Waals surface area contributed by atoms with E-state index in [1.165, 1.54) is 55.2 Å². The van der Waals surface area contributed by atoms with Gasteiger partial charge in [0.2, 0.25) is 5.91 Å². The molecule has 1 aromatic rings. The molecule has 4 nitrogen and oxygen atoms in total. The van der Waals surface area contributed by atoms with Crippen molar-refractivity contribution in [1.82, 2.24) is 9.80 Å². The van der Waals surface area contributed by atoms with Crippen molar-refractivity contribution in [2.24, 2.45) is 0 Å². The van der Waals surface area contributed by atoms with Gasteiger partial charge in [0.15, 0.2) is 0 Å². The Morgan fingerprint density at radius 2 is 1.84 bits per heavy atom. The average Bonchev–Trinajstić information content (AvgIpc) is 3.15. The zero-order valence-electron chi connectivity index (χ0n) is 15.2. The number of ether oxygens (including phenoxy) is 1. The van der Waals surface area contributed by atoms with Gasteiger partial charge in [0.05, 0.1) is 12.5 Å². The quantitative estimate of drug-likeness (QED) is 0.842. The van der Waals surface area contributed by atoms with Gasteiger partial charge in [-0.3, -0.25) is 9.69 Å². The van der Waals surface area contributed by atoms with E-state index in [4.69, 9.17) is 4.74 Å². The molecule has 0 unspecified atom stereocenters. The van der Waals surface area contributed by atoms with Gasteiger partial charge in [0, 0.05) is 39.3 Å². The number of fused-ring (bicyclic) bond motifs is 1. The largest absolute Gasteiger partial charge is 0.377 e. The maximum Gasteiger partial charge on any atom is 0.227 e. The first-order chi connectivity index (χ1) is 12.3. The van der Waals surface area contributed by atoms with Crippen molar-refractivity contribution in [2.45, 2.75) is 51.0 Å². The molecule has 0 aromatic heterocycles. The molecule has 3 aliphatic rings. The first-order valence-corrected chi connectivity index (χ1v) is 10.0. The van der Waals surface area contributed by atoms with Crippen LogP contribution in [0.4, 0.5) is 0 Å². The van der Waals surface area contributed by atoms with Crippen LogP contribution in [0.15, 0.2) is 18.2 Å². The Kier molecular flexibility index (Phi) is 5.37. The van der Waals surface area contributed by atoms with Gasteiger partial charge < -0.3 is 9.64 Å². The van der Waals surface area contributed by atoms with E-state index < -0.39 is 0 Å². The Labute approximate surface area is 151 Å². The van der Waals surface area contributed by atoms with E-state index >= 15 is 0 Å². The first kappa shape index (κ1) is 17.0. The first-order valence-electron chi connectivity index (χ1n) is 10.0. The van der Waals surface area contributed by atoms with Crippen LogP contribution in [0.1, 0.15) is 42.4 Å². The third kappa shape index (κ3) is 4.24. The van der Waals surface area contributed by atoms with E-state index in [1.807, 2.05) is 4.90 Å². The van der Waals surface area contributed by atoms with Crippen LogP contribution in [-0.2, 0) is 28.8 Å². The molecule has 1 aromatic carbocycles. The van der Waals surface area contributed by atoms with Crippen LogP contribution in [-0.4, -0.2) is 61.1 Å². The van der Waals surface area contributed by atoms with E-state index in [0.29, 0.717) is 12.5 Å². The molecule has 0 bridgehead atoms. The normalized spacial score (nSPS) is 24.3. The highest BCUT2D eigenvalue weighted by Crippen LogP contribution is 2.23. The van der Waals surface area contributed by atoms with Crippen LogP contribution in [0.3, 0.4) is 0 Å². The van der Waals surface area contributed by atoms with Crippen LogP contribution in [0.25, 0.3) is 0 Å². The van der Waals surface area contributed by atoms with Crippen LogP contribution in [0.5, 0.6) is 0 Å². The zero-order valence-corrected chi connectivity index (χ0v) is 15.2. The standard InChI is InChI=1S/C21H30N2O2/c24-21(15-17-7-8-18-4-1-2-5-19(18)14-17)23-11-9-22(10-12-23)16-20-6-3-13-25-20/h7-8,14,20H,1-6,9-13,15-16H2/t20-/m0/s1. The van der Waals surface area contributed by atoms with E-state index in [-0.39, 0.29) is 5.91 Å². The van der Waals surface area contributed by atoms with E-state index in [9.17, 15) is 4.79 Å². The van der Waals surface area contributed by atoms with E-state index in [1.54, 1.807) is 0 Å². The number of hydrogen-bond acceptors (Lipinski definition) is 3. The number of hydrogen-bond donors (Lipinski definition) is 0. The minimum absolute atomic E-state index is 0.285. The monoisotopic (exact) mass is 342 g/mol.